The number of methoxy groups -OCH3 is 1. The first kappa shape index (κ1) is 20.1. The van der Waals surface area contributed by atoms with Crippen molar-refractivity contribution in [1.82, 2.24) is 0 Å². The largest absolute Gasteiger partial charge is 0.497 e. The summed E-state index contributed by atoms with van der Waals surface area (Å²) in [5.74, 6) is -0.136. The van der Waals surface area contributed by atoms with Crippen molar-refractivity contribution >= 4 is 38.7 Å². The Morgan fingerprint density at radius 2 is 1.93 bits per heavy atom. The Labute approximate surface area is 166 Å². The molecule has 1 fully saturated rings. The van der Waals surface area contributed by atoms with Gasteiger partial charge in [0.1, 0.15) is 10.8 Å². The SMILES string of the molecule is COc1ccc(N(C(=O)c2ccc(Cl)c([N+](=O)[O-])c2)[C@@H]2CCS(=O)(=O)C2)cc1. The lowest BCUT2D eigenvalue weighted by molar-refractivity contribution is -0.384. The number of rotatable bonds is 5. The van der Waals surface area contributed by atoms with Gasteiger partial charge in [-0.05, 0) is 42.8 Å². The molecule has 0 spiro atoms. The molecule has 1 saturated heterocycles. The minimum atomic E-state index is -3.25. The van der Waals surface area contributed by atoms with Crippen LogP contribution in [0.25, 0.3) is 0 Å². The van der Waals surface area contributed by atoms with Gasteiger partial charge in [0, 0.05) is 17.3 Å². The molecule has 0 unspecified atom stereocenters. The molecule has 2 aromatic carbocycles. The van der Waals surface area contributed by atoms with Crippen LogP contribution >= 0.6 is 11.6 Å². The van der Waals surface area contributed by atoms with E-state index in [2.05, 4.69) is 0 Å². The molecule has 10 heteroatoms. The normalized spacial score (nSPS) is 17.9. The van der Waals surface area contributed by atoms with Gasteiger partial charge in [-0.25, -0.2) is 8.42 Å². The predicted octanol–water partition coefficient (Wildman–Crippen LogP) is 3.09. The summed E-state index contributed by atoms with van der Waals surface area (Å²) in [5, 5.41) is 11.1. The van der Waals surface area contributed by atoms with Gasteiger partial charge in [-0.3, -0.25) is 14.9 Å². The van der Waals surface area contributed by atoms with Crippen molar-refractivity contribution in [1.29, 1.82) is 0 Å². The highest BCUT2D eigenvalue weighted by Gasteiger charge is 2.36. The highest BCUT2D eigenvalue weighted by Crippen LogP contribution is 2.30. The smallest absolute Gasteiger partial charge is 0.288 e. The molecule has 0 radical (unpaired) electrons. The van der Waals surface area contributed by atoms with Crippen LogP contribution in [0.1, 0.15) is 16.8 Å². The zero-order valence-corrected chi connectivity index (χ0v) is 16.4. The molecule has 1 aliphatic heterocycles. The van der Waals surface area contributed by atoms with Crippen molar-refractivity contribution in [3.63, 3.8) is 0 Å². The van der Waals surface area contributed by atoms with Crippen molar-refractivity contribution in [2.45, 2.75) is 12.5 Å². The highest BCUT2D eigenvalue weighted by molar-refractivity contribution is 7.91. The standard InChI is InChI=1S/C18H17ClN2O6S/c1-27-15-5-3-13(4-6-15)20(14-8-9-28(25,26)11-14)18(22)12-2-7-16(19)17(10-12)21(23)24/h2-7,10,14H,8-9,11H2,1H3/t14-/m1/s1. The van der Waals surface area contributed by atoms with E-state index in [0.29, 0.717) is 11.4 Å². The van der Waals surface area contributed by atoms with Crippen molar-refractivity contribution in [3.8, 4) is 5.75 Å². The maximum Gasteiger partial charge on any atom is 0.288 e. The second-order valence-electron chi connectivity index (χ2n) is 6.35. The van der Waals surface area contributed by atoms with Crippen LogP contribution < -0.4 is 9.64 Å². The Kier molecular flexibility index (Phi) is 5.57. The summed E-state index contributed by atoms with van der Waals surface area (Å²) in [4.78, 5) is 25.1. The summed E-state index contributed by atoms with van der Waals surface area (Å²) in [5.41, 5.74) is 0.142. The number of nitro groups is 1. The first-order valence-electron chi connectivity index (χ1n) is 8.34. The van der Waals surface area contributed by atoms with Gasteiger partial charge in [-0.1, -0.05) is 11.6 Å². The third kappa shape index (κ3) is 4.10. The second-order valence-corrected chi connectivity index (χ2v) is 8.99. The molecule has 1 aliphatic rings. The first-order chi connectivity index (χ1) is 13.2. The van der Waals surface area contributed by atoms with Gasteiger partial charge in [0.05, 0.1) is 29.6 Å². The lowest BCUT2D eigenvalue weighted by Crippen LogP contribution is -2.41. The van der Waals surface area contributed by atoms with Crippen LogP contribution in [0.4, 0.5) is 11.4 Å². The molecule has 0 aromatic heterocycles. The van der Waals surface area contributed by atoms with Crippen LogP contribution in [0.2, 0.25) is 5.02 Å². The summed E-state index contributed by atoms with van der Waals surface area (Å²) >= 11 is 5.83. The number of amides is 1. The van der Waals surface area contributed by atoms with Gasteiger partial charge in [0.15, 0.2) is 9.84 Å². The van der Waals surface area contributed by atoms with Crippen molar-refractivity contribution in [2.75, 3.05) is 23.5 Å². The number of nitro benzene ring substituents is 1. The Morgan fingerprint density at radius 1 is 1.25 bits per heavy atom. The van der Waals surface area contributed by atoms with Crippen molar-refractivity contribution in [3.05, 3.63) is 63.2 Å². The summed E-state index contributed by atoms with van der Waals surface area (Å²) in [7, 11) is -1.75. The van der Waals surface area contributed by atoms with E-state index in [0.717, 1.165) is 6.07 Å². The molecule has 3 rings (SSSR count). The van der Waals surface area contributed by atoms with E-state index < -0.39 is 26.7 Å². The lowest BCUT2D eigenvalue weighted by atomic mass is 10.1. The zero-order chi connectivity index (χ0) is 20.5. The van der Waals surface area contributed by atoms with E-state index in [-0.39, 0.29) is 34.2 Å². The fourth-order valence-electron chi connectivity index (χ4n) is 3.14. The molecule has 8 nitrogen and oxygen atoms in total. The fourth-order valence-corrected chi connectivity index (χ4v) is 5.03. The third-order valence-corrected chi connectivity index (χ3v) is 6.60. The molecule has 148 valence electrons. The summed E-state index contributed by atoms with van der Waals surface area (Å²) < 4.78 is 29.0. The summed E-state index contributed by atoms with van der Waals surface area (Å²) in [6, 6.07) is 9.80. The van der Waals surface area contributed by atoms with E-state index in [1.54, 1.807) is 24.3 Å². The van der Waals surface area contributed by atoms with E-state index in [9.17, 15) is 23.3 Å². The van der Waals surface area contributed by atoms with Gasteiger partial charge < -0.3 is 9.64 Å². The maximum absolute atomic E-state index is 13.2. The van der Waals surface area contributed by atoms with Crippen molar-refractivity contribution < 1.29 is 22.9 Å². The highest BCUT2D eigenvalue weighted by atomic mass is 35.5. The van der Waals surface area contributed by atoms with Gasteiger partial charge in [0.2, 0.25) is 0 Å². The fraction of sp³-hybridized carbons (Fsp3) is 0.278. The van der Waals surface area contributed by atoms with E-state index >= 15 is 0 Å². The molecule has 0 saturated carbocycles. The third-order valence-electron chi connectivity index (χ3n) is 4.53. The Bertz CT molecular complexity index is 1020. The number of carbonyl (C=O) groups is 1. The number of halogens is 1. The molecule has 2 aromatic rings. The second kappa shape index (κ2) is 7.76. The topological polar surface area (TPSA) is 107 Å². The molecule has 0 bridgehead atoms. The Balaban J connectivity index is 2.04. The number of benzene rings is 2. The first-order valence-corrected chi connectivity index (χ1v) is 10.5. The predicted molar refractivity (Wildman–Crippen MR) is 105 cm³/mol. The quantitative estimate of drug-likeness (QED) is 0.539. The minimum Gasteiger partial charge on any atom is -0.497 e. The zero-order valence-electron chi connectivity index (χ0n) is 14.9. The van der Waals surface area contributed by atoms with Gasteiger partial charge in [-0.15, -0.1) is 0 Å². The molecule has 0 N–H and O–H groups in total. The average Bonchev–Trinajstić information content (AvgIpc) is 3.02. The molecular weight excluding hydrogens is 408 g/mol. The number of ether oxygens (including phenoxy) is 1. The van der Waals surface area contributed by atoms with Crippen molar-refractivity contribution in [2.24, 2.45) is 0 Å². The molecule has 0 aliphatic carbocycles. The molecule has 1 atom stereocenters. The van der Waals surface area contributed by atoms with Gasteiger partial charge in [-0.2, -0.15) is 0 Å². The Morgan fingerprint density at radius 3 is 2.46 bits per heavy atom. The lowest BCUT2D eigenvalue weighted by Gasteiger charge is -2.28. The monoisotopic (exact) mass is 424 g/mol. The van der Waals surface area contributed by atoms with E-state index in [4.69, 9.17) is 16.3 Å². The van der Waals surface area contributed by atoms with Crippen LogP contribution in [0.3, 0.4) is 0 Å². The molecule has 1 amide bonds. The molecule has 1 heterocycles. The van der Waals surface area contributed by atoms with Gasteiger partial charge >= 0.3 is 0 Å². The summed E-state index contributed by atoms with van der Waals surface area (Å²) in [6.45, 7) is 0. The molecule has 28 heavy (non-hydrogen) atoms. The van der Waals surface area contributed by atoms with E-state index in [1.807, 2.05) is 0 Å². The Hall–Kier alpha value is -2.65. The summed E-state index contributed by atoms with van der Waals surface area (Å²) in [6.07, 6.45) is 0.287. The number of sulfone groups is 1. The number of hydrogen-bond acceptors (Lipinski definition) is 6. The molecular formula is C18H17ClN2O6S. The van der Waals surface area contributed by atoms with Crippen LogP contribution in [-0.2, 0) is 9.84 Å². The van der Waals surface area contributed by atoms with Crippen LogP contribution in [0.15, 0.2) is 42.5 Å². The van der Waals surface area contributed by atoms with Crippen LogP contribution in [0, 0.1) is 10.1 Å². The van der Waals surface area contributed by atoms with Gasteiger partial charge in [0.25, 0.3) is 11.6 Å². The number of hydrogen-bond donors (Lipinski definition) is 0. The number of anilines is 1. The van der Waals surface area contributed by atoms with Crippen LogP contribution in [0.5, 0.6) is 5.75 Å². The number of carbonyl (C=O) groups excluding carboxylic acids is 1. The van der Waals surface area contributed by atoms with E-state index in [1.165, 1.54) is 24.1 Å². The maximum atomic E-state index is 13.2. The minimum absolute atomic E-state index is 0.0155. The average molecular weight is 425 g/mol. The van der Waals surface area contributed by atoms with Crippen LogP contribution in [-0.4, -0.2) is 43.9 Å². The number of nitrogens with zero attached hydrogens (tertiary/aromatic N) is 2.